The van der Waals surface area contributed by atoms with Crippen molar-refractivity contribution in [3.8, 4) is 0 Å². The summed E-state index contributed by atoms with van der Waals surface area (Å²) in [5.41, 5.74) is 5.46. The van der Waals surface area contributed by atoms with E-state index in [0.29, 0.717) is 6.54 Å². The summed E-state index contributed by atoms with van der Waals surface area (Å²) in [4.78, 5) is 0. The average molecular weight is 132 g/mol. The third-order valence-electron chi connectivity index (χ3n) is 1.69. The van der Waals surface area contributed by atoms with Gasteiger partial charge in [-0.25, -0.2) is 0 Å². The summed E-state index contributed by atoms with van der Waals surface area (Å²) in [7, 11) is 0. The van der Waals surface area contributed by atoms with Crippen LogP contribution in [0.1, 0.15) is 0 Å². The molecule has 4 nitrogen and oxygen atoms in total. The van der Waals surface area contributed by atoms with Crippen LogP contribution in [0.25, 0.3) is 0 Å². The summed E-state index contributed by atoms with van der Waals surface area (Å²) >= 11 is 0. The molecule has 9 heavy (non-hydrogen) atoms. The highest BCUT2D eigenvalue weighted by Gasteiger charge is 2.30. The molecule has 5 N–H and O–H groups in total. The molecule has 0 bridgehead atoms. The molecule has 0 unspecified atom stereocenters. The van der Waals surface area contributed by atoms with Crippen molar-refractivity contribution in [2.45, 2.75) is 18.2 Å². The van der Waals surface area contributed by atoms with Gasteiger partial charge in [0.2, 0.25) is 0 Å². The molecular weight excluding hydrogens is 120 g/mol. The van der Waals surface area contributed by atoms with E-state index in [4.69, 9.17) is 15.9 Å². The van der Waals surface area contributed by atoms with Crippen LogP contribution in [-0.4, -0.2) is 41.6 Å². The topological polar surface area (TPSA) is 78.5 Å². The average Bonchev–Trinajstić information content (AvgIpc) is 2.15. The van der Waals surface area contributed by atoms with Gasteiger partial charge in [0, 0.05) is 18.6 Å². The van der Waals surface area contributed by atoms with Gasteiger partial charge in [-0.3, -0.25) is 0 Å². The fraction of sp³-hybridized carbons (Fsp3) is 1.00. The van der Waals surface area contributed by atoms with Crippen LogP contribution in [-0.2, 0) is 0 Å². The molecular formula is C5H12N2O2. The zero-order chi connectivity index (χ0) is 6.85. The molecule has 4 heteroatoms. The molecule has 0 aromatic rings. The highest BCUT2D eigenvalue weighted by molar-refractivity contribution is 4.92. The van der Waals surface area contributed by atoms with Gasteiger partial charge in [0.15, 0.2) is 0 Å². The Morgan fingerprint density at radius 1 is 1.67 bits per heavy atom. The number of aliphatic hydroxyl groups excluding tert-OH is 2. The summed E-state index contributed by atoms with van der Waals surface area (Å²) < 4.78 is 0. The standard InChI is InChI=1S/C5H12N2O2/c6-5-3(2-8)7-1-4(5)9/h3-5,7-9H,1-2,6H2/t3-,4+,5+/m1/s1. The second-order valence-electron chi connectivity index (χ2n) is 2.34. The van der Waals surface area contributed by atoms with E-state index in [9.17, 15) is 0 Å². The fourth-order valence-electron chi connectivity index (χ4n) is 0.999. The lowest BCUT2D eigenvalue weighted by Crippen LogP contribution is -2.42. The van der Waals surface area contributed by atoms with E-state index in [1.807, 2.05) is 0 Å². The normalized spacial score (nSPS) is 43.7. The first kappa shape index (κ1) is 6.95. The molecule has 1 heterocycles. The van der Waals surface area contributed by atoms with Gasteiger partial charge in [0.05, 0.1) is 12.7 Å². The summed E-state index contributed by atoms with van der Waals surface area (Å²) in [6.45, 7) is 0.491. The molecule has 0 amide bonds. The predicted molar refractivity (Wildman–Crippen MR) is 32.9 cm³/mol. The molecule has 1 rings (SSSR count). The largest absolute Gasteiger partial charge is 0.395 e. The Hall–Kier alpha value is -0.160. The number of rotatable bonds is 1. The van der Waals surface area contributed by atoms with E-state index >= 15 is 0 Å². The smallest absolute Gasteiger partial charge is 0.0831 e. The SMILES string of the molecule is N[C@@H]1[C@@H](O)CN[C@@H]1CO. The minimum Gasteiger partial charge on any atom is -0.395 e. The summed E-state index contributed by atoms with van der Waals surface area (Å²) in [6, 6.07) is -0.435. The highest BCUT2D eigenvalue weighted by Crippen LogP contribution is 2.03. The Morgan fingerprint density at radius 2 is 2.33 bits per heavy atom. The minimum atomic E-state index is -0.498. The van der Waals surface area contributed by atoms with Gasteiger partial charge in [-0.15, -0.1) is 0 Å². The maximum absolute atomic E-state index is 9.00. The van der Waals surface area contributed by atoms with E-state index in [1.54, 1.807) is 0 Å². The van der Waals surface area contributed by atoms with Crippen molar-refractivity contribution in [3.63, 3.8) is 0 Å². The zero-order valence-corrected chi connectivity index (χ0v) is 5.12. The van der Waals surface area contributed by atoms with Crippen molar-refractivity contribution in [3.05, 3.63) is 0 Å². The van der Waals surface area contributed by atoms with Crippen molar-refractivity contribution < 1.29 is 10.2 Å². The van der Waals surface area contributed by atoms with Crippen LogP contribution >= 0.6 is 0 Å². The van der Waals surface area contributed by atoms with Crippen molar-refractivity contribution in [2.24, 2.45) is 5.73 Å². The van der Waals surface area contributed by atoms with Crippen molar-refractivity contribution in [2.75, 3.05) is 13.2 Å². The Balaban J connectivity index is 2.41. The molecule has 1 aliphatic heterocycles. The second-order valence-corrected chi connectivity index (χ2v) is 2.34. The lowest BCUT2D eigenvalue weighted by atomic mass is 10.1. The maximum atomic E-state index is 9.00. The molecule has 0 radical (unpaired) electrons. The molecule has 0 saturated carbocycles. The van der Waals surface area contributed by atoms with Gasteiger partial charge < -0.3 is 21.3 Å². The first-order valence-corrected chi connectivity index (χ1v) is 3.03. The maximum Gasteiger partial charge on any atom is 0.0831 e. The Bertz CT molecular complexity index is 99.0. The second kappa shape index (κ2) is 2.62. The summed E-state index contributed by atoms with van der Waals surface area (Å²) in [6.07, 6.45) is -0.498. The molecule has 1 fully saturated rings. The van der Waals surface area contributed by atoms with Crippen LogP contribution in [0.3, 0.4) is 0 Å². The quantitative estimate of drug-likeness (QED) is 0.322. The van der Waals surface area contributed by atoms with Crippen LogP contribution in [0.5, 0.6) is 0 Å². The van der Waals surface area contributed by atoms with Gasteiger partial charge in [-0.2, -0.15) is 0 Å². The number of aliphatic hydroxyl groups is 2. The third-order valence-corrected chi connectivity index (χ3v) is 1.69. The van der Waals surface area contributed by atoms with E-state index in [2.05, 4.69) is 5.32 Å². The van der Waals surface area contributed by atoms with E-state index in [0.717, 1.165) is 0 Å². The Morgan fingerprint density at radius 3 is 2.56 bits per heavy atom. The molecule has 54 valence electrons. The molecule has 0 aromatic carbocycles. The van der Waals surface area contributed by atoms with Crippen LogP contribution in [0.15, 0.2) is 0 Å². The van der Waals surface area contributed by atoms with Crippen LogP contribution in [0.2, 0.25) is 0 Å². The van der Waals surface area contributed by atoms with Crippen molar-refractivity contribution in [1.29, 1.82) is 0 Å². The summed E-state index contributed by atoms with van der Waals surface area (Å²) in [5, 5.41) is 20.5. The number of nitrogens with two attached hydrogens (primary N) is 1. The molecule has 0 aromatic heterocycles. The summed E-state index contributed by atoms with van der Waals surface area (Å²) in [5.74, 6) is 0. The van der Waals surface area contributed by atoms with Gasteiger partial charge in [-0.05, 0) is 0 Å². The fourth-order valence-corrected chi connectivity index (χ4v) is 0.999. The van der Waals surface area contributed by atoms with Crippen molar-refractivity contribution >= 4 is 0 Å². The number of β-amino-alcohol motifs (C(OH)–C–C–N with tert-alkyl or cyclic N) is 1. The van der Waals surface area contributed by atoms with Gasteiger partial charge in [-0.1, -0.05) is 0 Å². The van der Waals surface area contributed by atoms with Gasteiger partial charge >= 0.3 is 0 Å². The van der Waals surface area contributed by atoms with Crippen molar-refractivity contribution in [1.82, 2.24) is 5.32 Å². The van der Waals surface area contributed by atoms with Crippen LogP contribution in [0.4, 0.5) is 0 Å². The van der Waals surface area contributed by atoms with E-state index in [1.165, 1.54) is 0 Å². The van der Waals surface area contributed by atoms with Crippen LogP contribution in [0, 0.1) is 0 Å². The molecule has 1 aliphatic rings. The highest BCUT2D eigenvalue weighted by atomic mass is 16.3. The first-order valence-electron chi connectivity index (χ1n) is 3.03. The molecule has 0 spiro atoms. The van der Waals surface area contributed by atoms with Crippen LogP contribution < -0.4 is 11.1 Å². The van der Waals surface area contributed by atoms with Gasteiger partial charge in [0.25, 0.3) is 0 Å². The molecule has 1 saturated heterocycles. The van der Waals surface area contributed by atoms with Gasteiger partial charge in [0.1, 0.15) is 0 Å². The first-order chi connectivity index (χ1) is 4.25. The molecule has 0 aliphatic carbocycles. The predicted octanol–water partition coefficient (Wildman–Crippen LogP) is -2.36. The number of hydrogen-bond donors (Lipinski definition) is 4. The zero-order valence-electron chi connectivity index (χ0n) is 5.12. The minimum absolute atomic E-state index is 0.00176. The van der Waals surface area contributed by atoms with E-state index < -0.39 is 6.10 Å². The molecule has 3 atom stereocenters. The van der Waals surface area contributed by atoms with E-state index in [-0.39, 0.29) is 18.7 Å². The Labute approximate surface area is 53.7 Å². The number of nitrogens with one attached hydrogen (secondary N) is 1. The Kier molecular flexibility index (Phi) is 2.02. The third kappa shape index (κ3) is 1.21. The lowest BCUT2D eigenvalue weighted by molar-refractivity contribution is 0.162. The monoisotopic (exact) mass is 132 g/mol. The number of hydrogen-bond acceptors (Lipinski definition) is 4. The lowest BCUT2D eigenvalue weighted by Gasteiger charge is -2.12.